The van der Waals surface area contributed by atoms with E-state index in [9.17, 15) is 9.90 Å². The fourth-order valence-electron chi connectivity index (χ4n) is 1.40. The topological polar surface area (TPSA) is 49.3 Å². The van der Waals surface area contributed by atoms with E-state index >= 15 is 0 Å². The van der Waals surface area contributed by atoms with Gasteiger partial charge in [0, 0.05) is 10.0 Å². The van der Waals surface area contributed by atoms with Crippen LogP contribution >= 0.6 is 15.9 Å². The van der Waals surface area contributed by atoms with Crippen molar-refractivity contribution in [2.75, 3.05) is 5.32 Å². The lowest BCUT2D eigenvalue weighted by Crippen LogP contribution is -2.11. The summed E-state index contributed by atoms with van der Waals surface area (Å²) in [5.74, 6) is -0.205. The molecule has 86 valence electrons. The largest absolute Gasteiger partial charge is 0.506 e. The van der Waals surface area contributed by atoms with E-state index in [-0.39, 0.29) is 11.7 Å². The third-order valence-corrected chi connectivity index (χ3v) is 2.73. The highest BCUT2D eigenvalue weighted by atomic mass is 79.9. The van der Waals surface area contributed by atoms with Gasteiger partial charge in [-0.3, -0.25) is 4.79 Å². The van der Waals surface area contributed by atoms with Crippen molar-refractivity contribution in [2.45, 2.75) is 0 Å². The summed E-state index contributed by atoms with van der Waals surface area (Å²) in [6.07, 6.45) is 0. The first-order chi connectivity index (χ1) is 8.16. The van der Waals surface area contributed by atoms with Gasteiger partial charge < -0.3 is 10.4 Å². The number of hydrogen-bond acceptors (Lipinski definition) is 2. The summed E-state index contributed by atoms with van der Waals surface area (Å²) in [5.41, 5.74) is 0.931. The van der Waals surface area contributed by atoms with E-state index in [4.69, 9.17) is 0 Å². The number of phenols is 1. The van der Waals surface area contributed by atoms with Gasteiger partial charge in [-0.25, -0.2) is 0 Å². The highest BCUT2D eigenvalue weighted by Gasteiger charge is 2.08. The summed E-state index contributed by atoms with van der Waals surface area (Å²) in [6, 6.07) is 13.7. The summed E-state index contributed by atoms with van der Waals surface area (Å²) in [5, 5.41) is 12.2. The molecule has 2 aromatic rings. The standard InChI is InChI=1S/C13H10BrNO2/c14-10-5-3-4-9(8-10)13(17)15-11-6-1-2-7-12(11)16/h1-8,16H,(H,15,17). The number of aromatic hydroxyl groups is 1. The second kappa shape index (κ2) is 5.01. The number of benzene rings is 2. The second-order valence-electron chi connectivity index (χ2n) is 3.48. The van der Waals surface area contributed by atoms with Crippen LogP contribution in [0.4, 0.5) is 5.69 Å². The Morgan fingerprint density at radius 3 is 2.59 bits per heavy atom. The van der Waals surface area contributed by atoms with Gasteiger partial charge in [-0.15, -0.1) is 0 Å². The maximum Gasteiger partial charge on any atom is 0.255 e. The molecule has 0 unspecified atom stereocenters. The summed E-state index contributed by atoms with van der Waals surface area (Å²) in [4.78, 5) is 11.9. The molecule has 0 saturated carbocycles. The van der Waals surface area contributed by atoms with Crippen molar-refractivity contribution < 1.29 is 9.90 Å². The smallest absolute Gasteiger partial charge is 0.255 e. The van der Waals surface area contributed by atoms with Crippen LogP contribution in [0.25, 0.3) is 0 Å². The summed E-state index contributed by atoms with van der Waals surface area (Å²) < 4.78 is 0.836. The summed E-state index contributed by atoms with van der Waals surface area (Å²) in [7, 11) is 0. The first kappa shape index (κ1) is 11.7. The first-order valence-electron chi connectivity index (χ1n) is 5.02. The van der Waals surface area contributed by atoms with Crippen LogP contribution in [0.15, 0.2) is 53.0 Å². The molecule has 0 aromatic heterocycles. The minimum Gasteiger partial charge on any atom is -0.506 e. The van der Waals surface area contributed by atoms with Crippen LogP contribution in [0, 0.1) is 0 Å². The van der Waals surface area contributed by atoms with Crippen molar-refractivity contribution in [3.63, 3.8) is 0 Å². The third kappa shape index (κ3) is 2.85. The second-order valence-corrected chi connectivity index (χ2v) is 4.40. The van der Waals surface area contributed by atoms with Crippen molar-refractivity contribution in [2.24, 2.45) is 0 Å². The molecule has 0 radical (unpaired) electrons. The number of rotatable bonds is 2. The lowest BCUT2D eigenvalue weighted by atomic mass is 10.2. The molecule has 0 heterocycles. The Kier molecular flexibility index (Phi) is 3.44. The number of phenolic OH excluding ortho intramolecular Hbond substituents is 1. The third-order valence-electron chi connectivity index (χ3n) is 2.24. The van der Waals surface area contributed by atoms with Crippen LogP contribution in [0.3, 0.4) is 0 Å². The van der Waals surface area contributed by atoms with E-state index in [0.29, 0.717) is 11.3 Å². The maximum absolute atomic E-state index is 11.9. The van der Waals surface area contributed by atoms with E-state index in [1.54, 1.807) is 36.4 Å². The Labute approximate surface area is 107 Å². The highest BCUT2D eigenvalue weighted by Crippen LogP contribution is 2.22. The number of amides is 1. The molecule has 1 amide bonds. The minimum absolute atomic E-state index is 0.0517. The van der Waals surface area contributed by atoms with E-state index in [0.717, 1.165) is 4.47 Å². The zero-order valence-corrected chi connectivity index (χ0v) is 10.4. The number of nitrogens with one attached hydrogen (secondary N) is 1. The van der Waals surface area contributed by atoms with Gasteiger partial charge in [0.25, 0.3) is 5.91 Å². The van der Waals surface area contributed by atoms with Gasteiger partial charge in [0.1, 0.15) is 5.75 Å². The van der Waals surface area contributed by atoms with Gasteiger partial charge in [-0.1, -0.05) is 34.1 Å². The molecule has 0 atom stereocenters. The van der Waals surface area contributed by atoms with Crippen LogP contribution in [-0.2, 0) is 0 Å². The fraction of sp³-hybridized carbons (Fsp3) is 0. The maximum atomic E-state index is 11.9. The lowest BCUT2D eigenvalue weighted by Gasteiger charge is -2.07. The number of halogens is 1. The van der Waals surface area contributed by atoms with Crippen molar-refractivity contribution in [1.29, 1.82) is 0 Å². The zero-order chi connectivity index (χ0) is 12.3. The van der Waals surface area contributed by atoms with Gasteiger partial charge in [-0.2, -0.15) is 0 Å². The SMILES string of the molecule is O=C(Nc1ccccc1O)c1cccc(Br)c1. The normalized spacial score (nSPS) is 9.94. The molecule has 4 heteroatoms. The van der Waals surface area contributed by atoms with Gasteiger partial charge in [0.15, 0.2) is 0 Å². The lowest BCUT2D eigenvalue weighted by molar-refractivity contribution is 0.102. The Balaban J connectivity index is 2.20. The summed E-state index contributed by atoms with van der Waals surface area (Å²) >= 11 is 3.30. The zero-order valence-electron chi connectivity index (χ0n) is 8.85. The van der Waals surface area contributed by atoms with Gasteiger partial charge in [0.05, 0.1) is 5.69 Å². The molecule has 0 fully saturated rings. The fourth-order valence-corrected chi connectivity index (χ4v) is 1.80. The van der Waals surface area contributed by atoms with Crippen molar-refractivity contribution in [3.05, 3.63) is 58.6 Å². The molecular weight excluding hydrogens is 282 g/mol. The average molecular weight is 292 g/mol. The molecular formula is C13H10BrNO2. The monoisotopic (exact) mass is 291 g/mol. The number of carbonyl (C=O) groups excluding carboxylic acids is 1. The number of anilines is 1. The number of carbonyl (C=O) groups is 1. The van der Waals surface area contributed by atoms with E-state index < -0.39 is 0 Å². The molecule has 0 bridgehead atoms. The highest BCUT2D eigenvalue weighted by molar-refractivity contribution is 9.10. The van der Waals surface area contributed by atoms with E-state index in [1.165, 1.54) is 6.07 Å². The van der Waals surface area contributed by atoms with Crippen molar-refractivity contribution in [3.8, 4) is 5.75 Å². The molecule has 0 aliphatic rings. The van der Waals surface area contributed by atoms with Crippen LogP contribution in [0.1, 0.15) is 10.4 Å². The minimum atomic E-state index is -0.257. The van der Waals surface area contributed by atoms with Gasteiger partial charge in [-0.05, 0) is 30.3 Å². The molecule has 0 spiro atoms. The predicted octanol–water partition coefficient (Wildman–Crippen LogP) is 3.41. The molecule has 2 rings (SSSR count). The number of para-hydroxylation sites is 2. The average Bonchev–Trinajstić information content (AvgIpc) is 2.32. The van der Waals surface area contributed by atoms with Crippen molar-refractivity contribution >= 4 is 27.5 Å². The molecule has 3 nitrogen and oxygen atoms in total. The summed E-state index contributed by atoms with van der Waals surface area (Å²) in [6.45, 7) is 0. The quantitative estimate of drug-likeness (QED) is 0.833. The molecule has 0 aliphatic heterocycles. The van der Waals surface area contributed by atoms with Gasteiger partial charge in [0.2, 0.25) is 0 Å². The van der Waals surface area contributed by atoms with Crippen LogP contribution in [-0.4, -0.2) is 11.0 Å². The Morgan fingerprint density at radius 2 is 1.88 bits per heavy atom. The van der Waals surface area contributed by atoms with Crippen LogP contribution in [0.5, 0.6) is 5.75 Å². The first-order valence-corrected chi connectivity index (χ1v) is 5.81. The Hall–Kier alpha value is -1.81. The Bertz CT molecular complexity index is 555. The molecule has 0 saturated heterocycles. The van der Waals surface area contributed by atoms with Crippen LogP contribution < -0.4 is 5.32 Å². The van der Waals surface area contributed by atoms with Gasteiger partial charge >= 0.3 is 0 Å². The number of hydrogen-bond donors (Lipinski definition) is 2. The van der Waals surface area contributed by atoms with E-state index in [2.05, 4.69) is 21.2 Å². The van der Waals surface area contributed by atoms with Crippen LogP contribution in [0.2, 0.25) is 0 Å². The molecule has 0 aliphatic carbocycles. The predicted molar refractivity (Wildman–Crippen MR) is 70.2 cm³/mol. The molecule has 2 N–H and O–H groups in total. The Morgan fingerprint density at radius 1 is 1.12 bits per heavy atom. The molecule has 2 aromatic carbocycles. The molecule has 17 heavy (non-hydrogen) atoms. The van der Waals surface area contributed by atoms with E-state index in [1.807, 2.05) is 6.07 Å². The van der Waals surface area contributed by atoms with Crippen molar-refractivity contribution in [1.82, 2.24) is 0 Å².